The van der Waals surface area contributed by atoms with Crippen molar-refractivity contribution in [2.75, 3.05) is 32.7 Å². The maximum Gasteiger partial charge on any atom is 0.224 e. The van der Waals surface area contributed by atoms with Crippen molar-refractivity contribution in [3.8, 4) is 0 Å². The number of carbonyl (C=O) groups excluding carboxylic acids is 1. The van der Waals surface area contributed by atoms with Crippen molar-refractivity contribution in [3.05, 3.63) is 0 Å². The first-order valence-corrected chi connectivity index (χ1v) is 9.55. The van der Waals surface area contributed by atoms with Crippen molar-refractivity contribution >= 4 is 5.91 Å². The van der Waals surface area contributed by atoms with Gasteiger partial charge in [0, 0.05) is 25.2 Å². The number of piperidine rings is 2. The molecule has 0 aromatic rings. The molecule has 4 heteroatoms. The van der Waals surface area contributed by atoms with Gasteiger partial charge in [-0.1, -0.05) is 0 Å². The quantitative estimate of drug-likeness (QED) is 0.842. The lowest BCUT2D eigenvalue weighted by molar-refractivity contribution is -0.127. The summed E-state index contributed by atoms with van der Waals surface area (Å²) in [5.41, 5.74) is 0. The lowest BCUT2D eigenvalue weighted by Gasteiger charge is -2.42. The summed E-state index contributed by atoms with van der Waals surface area (Å²) in [7, 11) is 0. The monoisotopic (exact) mass is 305 g/mol. The van der Waals surface area contributed by atoms with Crippen LogP contribution < -0.4 is 5.32 Å². The third-order valence-corrected chi connectivity index (χ3v) is 6.03. The van der Waals surface area contributed by atoms with Crippen LogP contribution >= 0.6 is 0 Å². The van der Waals surface area contributed by atoms with Crippen LogP contribution in [-0.4, -0.2) is 60.5 Å². The molecule has 1 amide bonds. The minimum Gasteiger partial charge on any atom is -0.353 e. The Bertz CT molecular complexity index is 397. The lowest BCUT2D eigenvalue weighted by atomic mass is 9.93. The molecule has 2 aliphatic carbocycles. The molecule has 1 atom stereocenters. The summed E-state index contributed by atoms with van der Waals surface area (Å²) in [5.74, 6) is 1.60. The number of hydrogen-bond donors (Lipinski definition) is 1. The van der Waals surface area contributed by atoms with Gasteiger partial charge in [-0.25, -0.2) is 0 Å². The zero-order valence-electron chi connectivity index (χ0n) is 13.8. The van der Waals surface area contributed by atoms with E-state index in [1.807, 2.05) is 0 Å². The van der Waals surface area contributed by atoms with E-state index in [0.29, 0.717) is 11.9 Å². The fourth-order valence-electron chi connectivity index (χ4n) is 4.23. The van der Waals surface area contributed by atoms with Crippen molar-refractivity contribution in [3.63, 3.8) is 0 Å². The first-order chi connectivity index (χ1) is 10.8. The van der Waals surface area contributed by atoms with Gasteiger partial charge in [-0.3, -0.25) is 9.69 Å². The Balaban J connectivity index is 1.24. The van der Waals surface area contributed by atoms with Gasteiger partial charge in [-0.05, 0) is 76.9 Å². The van der Waals surface area contributed by atoms with Crippen LogP contribution in [0.4, 0.5) is 0 Å². The number of hydrogen-bond acceptors (Lipinski definition) is 3. The number of nitrogens with one attached hydrogen (secondary N) is 1. The summed E-state index contributed by atoms with van der Waals surface area (Å²) in [6.45, 7) is 6.11. The van der Waals surface area contributed by atoms with Gasteiger partial charge in [-0.15, -0.1) is 0 Å². The van der Waals surface area contributed by atoms with E-state index in [0.717, 1.165) is 24.9 Å². The second kappa shape index (κ2) is 6.48. The molecule has 22 heavy (non-hydrogen) atoms. The van der Waals surface area contributed by atoms with Crippen molar-refractivity contribution < 1.29 is 4.79 Å². The molecule has 2 aliphatic heterocycles. The van der Waals surface area contributed by atoms with Crippen LogP contribution in [0, 0.1) is 11.8 Å². The van der Waals surface area contributed by atoms with Crippen molar-refractivity contribution in [1.82, 2.24) is 15.1 Å². The summed E-state index contributed by atoms with van der Waals surface area (Å²) >= 11 is 0. The Hall–Kier alpha value is -0.610. The standard InChI is InChI=1S/C18H31N3O/c22-18(19-16-5-6-16)15-2-1-9-21(13-15)17-7-10-20(11-8-17)12-14-3-4-14/h14-17H,1-13H2,(H,19,22)/t15-/m1/s1. The van der Waals surface area contributed by atoms with Crippen molar-refractivity contribution in [2.24, 2.45) is 11.8 Å². The van der Waals surface area contributed by atoms with Crippen molar-refractivity contribution in [2.45, 2.75) is 63.5 Å². The summed E-state index contributed by atoms with van der Waals surface area (Å²) in [4.78, 5) is 17.6. The van der Waals surface area contributed by atoms with E-state index in [1.165, 1.54) is 71.1 Å². The molecule has 1 N–H and O–H groups in total. The zero-order chi connectivity index (χ0) is 14.9. The predicted octanol–water partition coefficient (Wildman–Crippen LogP) is 1.85. The van der Waals surface area contributed by atoms with Gasteiger partial charge in [0.15, 0.2) is 0 Å². The molecule has 4 aliphatic rings. The zero-order valence-corrected chi connectivity index (χ0v) is 13.8. The Labute approximate surface area is 134 Å². The van der Waals surface area contributed by atoms with Crippen LogP contribution in [0.2, 0.25) is 0 Å². The molecule has 2 heterocycles. The predicted molar refractivity (Wildman–Crippen MR) is 87.6 cm³/mol. The van der Waals surface area contributed by atoms with Gasteiger partial charge in [0.25, 0.3) is 0 Å². The third kappa shape index (κ3) is 3.83. The SMILES string of the molecule is O=C(NC1CC1)[C@@H]1CCCN(C2CCN(CC3CC3)CC2)C1. The van der Waals surface area contributed by atoms with Crippen LogP contribution in [0.15, 0.2) is 0 Å². The fourth-order valence-corrected chi connectivity index (χ4v) is 4.23. The van der Waals surface area contributed by atoms with Crippen molar-refractivity contribution in [1.29, 1.82) is 0 Å². The number of likely N-dealkylation sites (tertiary alicyclic amines) is 2. The average molecular weight is 305 g/mol. The Morgan fingerprint density at radius 2 is 1.73 bits per heavy atom. The smallest absolute Gasteiger partial charge is 0.224 e. The molecule has 2 saturated carbocycles. The van der Waals surface area contributed by atoms with Crippen LogP contribution in [0.5, 0.6) is 0 Å². The minimum atomic E-state index is 0.249. The largest absolute Gasteiger partial charge is 0.353 e. The molecule has 0 unspecified atom stereocenters. The van der Waals surface area contributed by atoms with E-state index in [-0.39, 0.29) is 5.92 Å². The number of carbonyl (C=O) groups is 1. The molecule has 4 fully saturated rings. The highest BCUT2D eigenvalue weighted by atomic mass is 16.2. The lowest BCUT2D eigenvalue weighted by Crippen LogP contribution is -2.51. The van der Waals surface area contributed by atoms with Gasteiger partial charge < -0.3 is 10.2 Å². The Morgan fingerprint density at radius 1 is 0.955 bits per heavy atom. The molecule has 4 nitrogen and oxygen atoms in total. The van der Waals surface area contributed by atoms with E-state index < -0.39 is 0 Å². The average Bonchev–Trinajstić information content (AvgIpc) is 3.45. The number of amides is 1. The van der Waals surface area contributed by atoms with E-state index >= 15 is 0 Å². The second-order valence-electron chi connectivity index (χ2n) is 8.09. The molecular weight excluding hydrogens is 274 g/mol. The number of rotatable bonds is 5. The molecule has 0 radical (unpaired) electrons. The summed E-state index contributed by atoms with van der Waals surface area (Å²) in [6.07, 6.45) is 10.2. The summed E-state index contributed by atoms with van der Waals surface area (Å²) < 4.78 is 0. The van der Waals surface area contributed by atoms with Crippen LogP contribution in [0.3, 0.4) is 0 Å². The van der Waals surface area contributed by atoms with Gasteiger partial charge in [0.1, 0.15) is 0 Å². The van der Waals surface area contributed by atoms with Crippen LogP contribution in [0.25, 0.3) is 0 Å². The topological polar surface area (TPSA) is 35.6 Å². The maximum atomic E-state index is 12.3. The number of nitrogens with zero attached hydrogens (tertiary/aromatic N) is 2. The highest BCUT2D eigenvalue weighted by Crippen LogP contribution is 2.31. The van der Waals surface area contributed by atoms with Gasteiger partial charge in [0.05, 0.1) is 5.92 Å². The molecule has 124 valence electrons. The molecule has 4 rings (SSSR count). The Morgan fingerprint density at radius 3 is 2.41 bits per heavy atom. The van der Waals surface area contributed by atoms with E-state index in [1.54, 1.807) is 0 Å². The first kappa shape index (κ1) is 14.9. The highest BCUT2D eigenvalue weighted by Gasteiger charge is 2.34. The van der Waals surface area contributed by atoms with E-state index in [2.05, 4.69) is 15.1 Å². The molecular formula is C18H31N3O. The first-order valence-electron chi connectivity index (χ1n) is 9.55. The van der Waals surface area contributed by atoms with Gasteiger partial charge in [-0.2, -0.15) is 0 Å². The summed E-state index contributed by atoms with van der Waals surface area (Å²) in [6, 6.07) is 1.24. The fraction of sp³-hybridized carbons (Fsp3) is 0.944. The van der Waals surface area contributed by atoms with E-state index in [9.17, 15) is 4.79 Å². The molecule has 2 saturated heterocycles. The molecule has 0 bridgehead atoms. The minimum absolute atomic E-state index is 0.249. The second-order valence-corrected chi connectivity index (χ2v) is 8.09. The normalized spacial score (nSPS) is 32.1. The molecule has 0 spiro atoms. The van der Waals surface area contributed by atoms with Crippen LogP contribution in [-0.2, 0) is 4.79 Å². The maximum absolute atomic E-state index is 12.3. The van der Waals surface area contributed by atoms with Crippen LogP contribution in [0.1, 0.15) is 51.4 Å². The Kier molecular flexibility index (Phi) is 4.40. The van der Waals surface area contributed by atoms with E-state index in [4.69, 9.17) is 0 Å². The molecule has 0 aromatic heterocycles. The van der Waals surface area contributed by atoms with Gasteiger partial charge in [0.2, 0.25) is 5.91 Å². The third-order valence-electron chi connectivity index (χ3n) is 6.03. The highest BCUT2D eigenvalue weighted by molar-refractivity contribution is 5.79. The summed E-state index contributed by atoms with van der Waals surface area (Å²) in [5, 5.41) is 3.21. The van der Waals surface area contributed by atoms with Gasteiger partial charge >= 0.3 is 0 Å². The molecule has 0 aromatic carbocycles.